The first-order valence-corrected chi connectivity index (χ1v) is 10.00. The van der Waals surface area contributed by atoms with Crippen molar-refractivity contribution in [2.75, 3.05) is 11.9 Å². The van der Waals surface area contributed by atoms with Crippen molar-refractivity contribution in [2.45, 2.75) is 20.5 Å². The third-order valence-corrected chi connectivity index (χ3v) is 5.09. The third-order valence-electron chi connectivity index (χ3n) is 3.54. The Bertz CT molecular complexity index is 998. The summed E-state index contributed by atoms with van der Waals surface area (Å²) in [5.41, 5.74) is 0.501. The minimum atomic E-state index is -0.460. The van der Waals surface area contributed by atoms with E-state index in [0.29, 0.717) is 27.2 Å². The molecule has 1 amide bonds. The molecule has 0 fully saturated rings. The van der Waals surface area contributed by atoms with Crippen LogP contribution in [0.4, 0.5) is 5.13 Å². The predicted octanol–water partition coefficient (Wildman–Crippen LogP) is 4.82. The van der Waals surface area contributed by atoms with Crippen LogP contribution in [0.15, 0.2) is 45.3 Å². The number of hydrogen-bond donors (Lipinski definition) is 1. The number of aryl methyl sites for hydroxylation is 1. The number of rotatable bonds is 7. The minimum absolute atomic E-state index is 0.124. The van der Waals surface area contributed by atoms with Crippen molar-refractivity contribution in [1.29, 1.82) is 0 Å². The number of ether oxygens (including phenoxy) is 2. The Hall–Kier alpha value is -2.65. The van der Waals surface area contributed by atoms with E-state index in [1.165, 1.54) is 0 Å². The monoisotopic (exact) mass is 464 g/mol. The van der Waals surface area contributed by atoms with E-state index in [-0.39, 0.29) is 19.0 Å². The first-order valence-electron chi connectivity index (χ1n) is 8.39. The Labute approximate surface area is 173 Å². The Morgan fingerprint density at radius 2 is 2.11 bits per heavy atom. The summed E-state index contributed by atoms with van der Waals surface area (Å²) in [4.78, 5) is 28.8. The van der Waals surface area contributed by atoms with Gasteiger partial charge in [-0.1, -0.05) is 33.3 Å². The van der Waals surface area contributed by atoms with Crippen molar-refractivity contribution in [3.63, 3.8) is 0 Å². The molecular weight excluding hydrogens is 448 g/mol. The van der Waals surface area contributed by atoms with Crippen LogP contribution in [-0.2, 0) is 11.3 Å². The molecule has 9 heteroatoms. The lowest BCUT2D eigenvalue weighted by Gasteiger charge is -2.04. The van der Waals surface area contributed by atoms with Gasteiger partial charge in [0, 0.05) is 4.47 Å². The molecule has 28 heavy (non-hydrogen) atoms. The van der Waals surface area contributed by atoms with Gasteiger partial charge in [0.25, 0.3) is 5.91 Å². The summed E-state index contributed by atoms with van der Waals surface area (Å²) in [6, 6.07) is 10.7. The average molecular weight is 465 g/mol. The van der Waals surface area contributed by atoms with Crippen molar-refractivity contribution >= 4 is 44.3 Å². The molecule has 2 heterocycles. The van der Waals surface area contributed by atoms with Gasteiger partial charge in [0.05, 0.1) is 12.3 Å². The molecule has 0 aliphatic carbocycles. The van der Waals surface area contributed by atoms with E-state index in [4.69, 9.17) is 13.9 Å². The van der Waals surface area contributed by atoms with Crippen LogP contribution in [0.25, 0.3) is 0 Å². The maximum Gasteiger partial charge on any atom is 0.350 e. The number of esters is 1. The first kappa shape index (κ1) is 20.1. The molecule has 0 saturated carbocycles. The number of anilines is 1. The lowest BCUT2D eigenvalue weighted by atomic mass is 10.3. The second kappa shape index (κ2) is 9.03. The largest absolute Gasteiger partial charge is 0.486 e. The molecule has 3 rings (SSSR count). The Kier molecular flexibility index (Phi) is 6.48. The van der Waals surface area contributed by atoms with Gasteiger partial charge in [-0.15, -0.1) is 0 Å². The molecule has 7 nitrogen and oxygen atoms in total. The summed E-state index contributed by atoms with van der Waals surface area (Å²) in [5, 5.41) is 2.93. The first-order chi connectivity index (χ1) is 13.5. The number of thiazole rings is 1. The highest BCUT2D eigenvalue weighted by Gasteiger charge is 2.19. The van der Waals surface area contributed by atoms with Gasteiger partial charge in [-0.3, -0.25) is 10.1 Å². The number of nitrogens with one attached hydrogen (secondary N) is 1. The van der Waals surface area contributed by atoms with E-state index in [1.807, 2.05) is 24.3 Å². The standard InChI is InChI=1S/C19H17BrN2O5S/c1-3-25-18(24)16-11(2)21-19(28-16)22-17(23)15-8-7-14(27-15)10-26-13-6-4-5-12(20)9-13/h4-9H,3,10H2,1-2H3,(H,21,22,23). The Morgan fingerprint density at radius 3 is 2.86 bits per heavy atom. The maximum atomic E-state index is 12.4. The SMILES string of the molecule is CCOC(=O)c1sc(NC(=O)c2ccc(COc3cccc(Br)c3)o2)nc1C. The maximum absolute atomic E-state index is 12.4. The smallest absolute Gasteiger partial charge is 0.350 e. The molecular formula is C19H17BrN2O5S. The number of carbonyl (C=O) groups excluding carboxylic acids is 2. The van der Waals surface area contributed by atoms with Crippen molar-refractivity contribution in [2.24, 2.45) is 0 Å². The van der Waals surface area contributed by atoms with Gasteiger partial charge in [0.1, 0.15) is 23.0 Å². The van der Waals surface area contributed by atoms with Crippen LogP contribution in [0.5, 0.6) is 5.75 Å². The molecule has 0 aliphatic heterocycles. The van der Waals surface area contributed by atoms with Gasteiger partial charge < -0.3 is 13.9 Å². The van der Waals surface area contributed by atoms with Crippen molar-refractivity contribution in [1.82, 2.24) is 4.98 Å². The quantitative estimate of drug-likeness (QED) is 0.504. The molecule has 1 N–H and O–H groups in total. The number of benzene rings is 1. The topological polar surface area (TPSA) is 90.7 Å². The van der Waals surface area contributed by atoms with Crippen LogP contribution in [0.2, 0.25) is 0 Å². The number of aromatic nitrogens is 1. The molecule has 3 aromatic rings. The Balaban J connectivity index is 1.61. The van der Waals surface area contributed by atoms with Crippen LogP contribution in [0.3, 0.4) is 0 Å². The van der Waals surface area contributed by atoms with Crippen molar-refractivity contribution in [3.8, 4) is 5.75 Å². The lowest BCUT2D eigenvalue weighted by molar-refractivity contribution is 0.0531. The average Bonchev–Trinajstić information content (AvgIpc) is 3.27. The van der Waals surface area contributed by atoms with Crippen molar-refractivity contribution in [3.05, 3.63) is 63.0 Å². The summed E-state index contributed by atoms with van der Waals surface area (Å²) in [7, 11) is 0. The van der Waals surface area contributed by atoms with Crippen LogP contribution in [0.1, 0.15) is 38.6 Å². The van der Waals surface area contributed by atoms with Gasteiger partial charge in [-0.05, 0) is 44.2 Å². The molecule has 146 valence electrons. The fourth-order valence-electron chi connectivity index (χ4n) is 2.28. The second-order valence-electron chi connectivity index (χ2n) is 5.62. The normalized spacial score (nSPS) is 10.5. The fourth-order valence-corrected chi connectivity index (χ4v) is 3.52. The van der Waals surface area contributed by atoms with Gasteiger partial charge in [0.2, 0.25) is 0 Å². The highest BCUT2D eigenvalue weighted by Crippen LogP contribution is 2.24. The molecule has 0 spiro atoms. The van der Waals surface area contributed by atoms with E-state index in [2.05, 4.69) is 26.2 Å². The zero-order valence-corrected chi connectivity index (χ0v) is 17.6. The molecule has 0 bridgehead atoms. The third kappa shape index (κ3) is 4.99. The predicted molar refractivity (Wildman–Crippen MR) is 108 cm³/mol. The van der Waals surface area contributed by atoms with Gasteiger partial charge >= 0.3 is 5.97 Å². The number of hydrogen-bond acceptors (Lipinski definition) is 7. The second-order valence-corrected chi connectivity index (χ2v) is 7.53. The van der Waals surface area contributed by atoms with Gasteiger partial charge in [-0.2, -0.15) is 0 Å². The summed E-state index contributed by atoms with van der Waals surface area (Å²) >= 11 is 4.43. The number of furan rings is 1. The molecule has 1 aromatic carbocycles. The van der Waals surface area contributed by atoms with Gasteiger partial charge in [0.15, 0.2) is 10.9 Å². The van der Waals surface area contributed by atoms with Crippen molar-refractivity contribution < 1.29 is 23.5 Å². The minimum Gasteiger partial charge on any atom is -0.486 e. The van der Waals surface area contributed by atoms with E-state index >= 15 is 0 Å². The zero-order chi connectivity index (χ0) is 20.1. The number of carbonyl (C=O) groups is 2. The summed E-state index contributed by atoms with van der Waals surface area (Å²) in [5.74, 6) is 0.397. The van der Waals surface area contributed by atoms with Crippen LogP contribution in [-0.4, -0.2) is 23.5 Å². The van der Waals surface area contributed by atoms with Crippen LogP contribution in [0, 0.1) is 6.92 Å². The number of amides is 1. The highest BCUT2D eigenvalue weighted by molar-refractivity contribution is 9.10. The van der Waals surface area contributed by atoms with Crippen LogP contribution >= 0.6 is 27.3 Å². The van der Waals surface area contributed by atoms with E-state index < -0.39 is 11.9 Å². The molecule has 0 aliphatic rings. The van der Waals surface area contributed by atoms with E-state index in [0.717, 1.165) is 15.8 Å². The van der Waals surface area contributed by atoms with E-state index in [1.54, 1.807) is 26.0 Å². The van der Waals surface area contributed by atoms with Gasteiger partial charge in [-0.25, -0.2) is 9.78 Å². The molecule has 0 radical (unpaired) electrons. The number of nitrogens with zero attached hydrogens (tertiary/aromatic N) is 1. The zero-order valence-electron chi connectivity index (χ0n) is 15.2. The lowest BCUT2D eigenvalue weighted by Crippen LogP contribution is -2.10. The molecule has 0 saturated heterocycles. The summed E-state index contributed by atoms with van der Waals surface area (Å²) < 4.78 is 17.0. The fraction of sp³-hybridized carbons (Fsp3) is 0.211. The number of halogens is 1. The molecule has 0 atom stereocenters. The molecule has 2 aromatic heterocycles. The van der Waals surface area contributed by atoms with E-state index in [9.17, 15) is 9.59 Å². The Morgan fingerprint density at radius 1 is 1.29 bits per heavy atom. The highest BCUT2D eigenvalue weighted by atomic mass is 79.9. The molecule has 0 unspecified atom stereocenters. The van der Waals surface area contributed by atoms with Crippen LogP contribution < -0.4 is 10.1 Å². The summed E-state index contributed by atoms with van der Waals surface area (Å²) in [6.07, 6.45) is 0. The summed E-state index contributed by atoms with van der Waals surface area (Å²) in [6.45, 7) is 3.87.